The summed E-state index contributed by atoms with van der Waals surface area (Å²) in [6.07, 6.45) is 0.0393. The highest BCUT2D eigenvalue weighted by molar-refractivity contribution is 5.19. The molecule has 2 atom stereocenters. The van der Waals surface area contributed by atoms with Gasteiger partial charge in [0.1, 0.15) is 0 Å². The van der Waals surface area contributed by atoms with Gasteiger partial charge in [0.2, 0.25) is 0 Å². The van der Waals surface area contributed by atoms with Gasteiger partial charge in [-0.2, -0.15) is 0 Å². The number of nitrogens with two attached hydrogens (primary N) is 1. The third-order valence-electron chi connectivity index (χ3n) is 2.69. The summed E-state index contributed by atoms with van der Waals surface area (Å²) in [4.78, 5) is 0. The molecule has 1 rings (SSSR count). The van der Waals surface area contributed by atoms with Crippen LogP contribution in [0.2, 0.25) is 0 Å². The Kier molecular flexibility index (Phi) is 4.72. The van der Waals surface area contributed by atoms with Gasteiger partial charge in [0.15, 0.2) is 0 Å². The smallest absolute Gasteiger partial charge is 0.0797 e. The number of ether oxygens (including phenoxy) is 1. The standard InChI is InChI=1S/C15H25NO/c1-11(2)14(17-15(3,4)5)13(16)12-9-7-6-8-10-12/h6-11,13-14H,16H2,1-5H3. The molecule has 0 bridgehead atoms. The van der Waals surface area contributed by atoms with Gasteiger partial charge in [0.05, 0.1) is 17.7 Å². The highest BCUT2D eigenvalue weighted by atomic mass is 16.5. The van der Waals surface area contributed by atoms with Crippen LogP contribution in [0.4, 0.5) is 0 Å². The quantitative estimate of drug-likeness (QED) is 0.866. The van der Waals surface area contributed by atoms with E-state index in [1.165, 1.54) is 0 Å². The van der Waals surface area contributed by atoms with Crippen molar-refractivity contribution in [3.63, 3.8) is 0 Å². The molecular weight excluding hydrogens is 210 g/mol. The molecule has 0 aliphatic heterocycles. The zero-order valence-electron chi connectivity index (χ0n) is 11.6. The van der Waals surface area contributed by atoms with E-state index in [9.17, 15) is 0 Å². The Balaban J connectivity index is 2.85. The van der Waals surface area contributed by atoms with Gasteiger partial charge in [-0.1, -0.05) is 44.2 Å². The first-order valence-corrected chi connectivity index (χ1v) is 6.29. The molecule has 1 aromatic rings. The lowest BCUT2D eigenvalue weighted by Crippen LogP contribution is -2.39. The fourth-order valence-electron chi connectivity index (χ4n) is 1.90. The van der Waals surface area contributed by atoms with Crippen molar-refractivity contribution >= 4 is 0 Å². The Morgan fingerprint density at radius 3 is 2.00 bits per heavy atom. The molecule has 0 fully saturated rings. The molecule has 0 radical (unpaired) electrons. The molecule has 2 heteroatoms. The molecule has 0 saturated carbocycles. The summed E-state index contributed by atoms with van der Waals surface area (Å²) in [6, 6.07) is 10.1. The van der Waals surface area contributed by atoms with Crippen LogP contribution in [0.3, 0.4) is 0 Å². The van der Waals surface area contributed by atoms with Crippen LogP contribution in [0.25, 0.3) is 0 Å². The van der Waals surface area contributed by atoms with Crippen LogP contribution in [0, 0.1) is 5.92 Å². The molecule has 1 aromatic carbocycles. The Bertz CT molecular complexity index is 327. The zero-order valence-corrected chi connectivity index (χ0v) is 11.6. The second-order valence-corrected chi connectivity index (χ2v) is 5.88. The molecule has 2 N–H and O–H groups in total. The van der Waals surface area contributed by atoms with Gasteiger partial charge >= 0.3 is 0 Å². The first-order chi connectivity index (χ1) is 7.81. The highest BCUT2D eigenvalue weighted by Gasteiger charge is 2.28. The number of benzene rings is 1. The average molecular weight is 235 g/mol. The largest absolute Gasteiger partial charge is 0.370 e. The Labute approximate surface area is 105 Å². The molecule has 0 spiro atoms. The van der Waals surface area contributed by atoms with Crippen LogP contribution in [0.1, 0.15) is 46.2 Å². The van der Waals surface area contributed by atoms with E-state index < -0.39 is 0 Å². The van der Waals surface area contributed by atoms with Crippen molar-refractivity contribution in [2.75, 3.05) is 0 Å². The van der Waals surface area contributed by atoms with E-state index in [-0.39, 0.29) is 17.7 Å². The van der Waals surface area contributed by atoms with Gasteiger partial charge in [-0.3, -0.25) is 0 Å². The predicted molar refractivity (Wildman–Crippen MR) is 72.8 cm³/mol. The molecule has 2 nitrogen and oxygen atoms in total. The first-order valence-electron chi connectivity index (χ1n) is 6.29. The summed E-state index contributed by atoms with van der Waals surface area (Å²) in [5.41, 5.74) is 7.29. The fraction of sp³-hybridized carbons (Fsp3) is 0.600. The van der Waals surface area contributed by atoms with Crippen molar-refractivity contribution in [2.45, 2.75) is 52.4 Å². The molecule has 0 heterocycles. The van der Waals surface area contributed by atoms with E-state index in [4.69, 9.17) is 10.5 Å². The number of rotatable bonds is 4. The molecule has 0 aromatic heterocycles. The lowest BCUT2D eigenvalue weighted by molar-refractivity contribution is -0.0902. The van der Waals surface area contributed by atoms with Crippen LogP contribution >= 0.6 is 0 Å². The van der Waals surface area contributed by atoms with E-state index in [1.807, 2.05) is 18.2 Å². The first kappa shape index (κ1) is 14.2. The van der Waals surface area contributed by atoms with Gasteiger partial charge in [-0.15, -0.1) is 0 Å². The van der Waals surface area contributed by atoms with Crippen LogP contribution in [-0.4, -0.2) is 11.7 Å². The maximum atomic E-state index is 6.32. The second-order valence-electron chi connectivity index (χ2n) is 5.88. The molecule has 96 valence electrons. The van der Waals surface area contributed by atoms with E-state index in [0.29, 0.717) is 5.92 Å². The number of hydrogen-bond donors (Lipinski definition) is 1. The van der Waals surface area contributed by atoms with Crippen molar-refractivity contribution in [2.24, 2.45) is 11.7 Å². The maximum Gasteiger partial charge on any atom is 0.0797 e. The summed E-state index contributed by atoms with van der Waals surface area (Å²) in [5.74, 6) is 0.393. The van der Waals surface area contributed by atoms with E-state index in [0.717, 1.165) is 5.56 Å². The zero-order chi connectivity index (χ0) is 13.1. The number of hydrogen-bond acceptors (Lipinski definition) is 2. The van der Waals surface area contributed by atoms with Crippen LogP contribution < -0.4 is 5.73 Å². The van der Waals surface area contributed by atoms with Gasteiger partial charge in [0, 0.05) is 0 Å². The van der Waals surface area contributed by atoms with Gasteiger partial charge in [-0.05, 0) is 32.3 Å². The summed E-state index contributed by atoms with van der Waals surface area (Å²) < 4.78 is 6.09. The molecular formula is C15H25NO. The minimum atomic E-state index is -0.165. The van der Waals surface area contributed by atoms with E-state index in [2.05, 4.69) is 46.8 Å². The molecule has 2 unspecified atom stereocenters. The Hall–Kier alpha value is -0.860. The van der Waals surface area contributed by atoms with Crippen molar-refractivity contribution in [3.05, 3.63) is 35.9 Å². The topological polar surface area (TPSA) is 35.2 Å². The minimum absolute atomic E-state index is 0.0393. The summed E-state index contributed by atoms with van der Waals surface area (Å²) in [5, 5.41) is 0. The molecule has 0 aliphatic rings. The third kappa shape index (κ3) is 4.49. The second kappa shape index (κ2) is 5.65. The average Bonchev–Trinajstić information content (AvgIpc) is 2.25. The van der Waals surface area contributed by atoms with Crippen LogP contribution in [-0.2, 0) is 4.74 Å². The Morgan fingerprint density at radius 1 is 1.06 bits per heavy atom. The monoisotopic (exact) mass is 235 g/mol. The SMILES string of the molecule is CC(C)C(OC(C)(C)C)C(N)c1ccccc1. The van der Waals surface area contributed by atoms with E-state index in [1.54, 1.807) is 0 Å². The predicted octanol–water partition coefficient (Wildman–Crippen LogP) is 3.53. The van der Waals surface area contributed by atoms with Crippen molar-refractivity contribution < 1.29 is 4.74 Å². The summed E-state index contributed by atoms with van der Waals surface area (Å²) in [7, 11) is 0. The summed E-state index contributed by atoms with van der Waals surface area (Å²) >= 11 is 0. The molecule has 0 saturated heterocycles. The normalized spacial score (nSPS) is 15.9. The Morgan fingerprint density at radius 2 is 1.59 bits per heavy atom. The maximum absolute atomic E-state index is 6.32. The van der Waals surface area contributed by atoms with Crippen molar-refractivity contribution in [1.29, 1.82) is 0 Å². The van der Waals surface area contributed by atoms with Gasteiger partial charge < -0.3 is 10.5 Å². The molecule has 0 amide bonds. The third-order valence-corrected chi connectivity index (χ3v) is 2.69. The van der Waals surface area contributed by atoms with Crippen molar-refractivity contribution in [1.82, 2.24) is 0 Å². The highest BCUT2D eigenvalue weighted by Crippen LogP contribution is 2.26. The lowest BCUT2D eigenvalue weighted by atomic mass is 9.93. The minimum Gasteiger partial charge on any atom is -0.370 e. The van der Waals surface area contributed by atoms with Crippen molar-refractivity contribution in [3.8, 4) is 0 Å². The fourth-order valence-corrected chi connectivity index (χ4v) is 1.90. The molecule has 0 aliphatic carbocycles. The van der Waals surface area contributed by atoms with Crippen LogP contribution in [0.15, 0.2) is 30.3 Å². The van der Waals surface area contributed by atoms with Gasteiger partial charge in [0.25, 0.3) is 0 Å². The lowest BCUT2D eigenvalue weighted by Gasteiger charge is -2.34. The summed E-state index contributed by atoms with van der Waals surface area (Å²) in [6.45, 7) is 10.5. The van der Waals surface area contributed by atoms with Crippen LogP contribution in [0.5, 0.6) is 0 Å². The molecule has 17 heavy (non-hydrogen) atoms. The van der Waals surface area contributed by atoms with E-state index >= 15 is 0 Å². The van der Waals surface area contributed by atoms with Gasteiger partial charge in [-0.25, -0.2) is 0 Å².